The maximum Gasteiger partial charge on any atom is 0.0507 e. The first kappa shape index (κ1) is 28.0. The Labute approximate surface area is 201 Å². The van der Waals surface area contributed by atoms with Gasteiger partial charge >= 0.3 is 0 Å². The van der Waals surface area contributed by atoms with E-state index < -0.39 is 0 Å². The summed E-state index contributed by atoms with van der Waals surface area (Å²) in [6.07, 6.45) is 13.5. The minimum atomic E-state index is 0.178. The number of rotatable bonds is 17. The molecular weight excluding hydrogens is 394 g/mol. The molecule has 0 aromatic heterocycles. The van der Waals surface area contributed by atoms with Crippen LogP contribution in [0.25, 0.3) is 0 Å². The Morgan fingerprint density at radius 3 is 1.78 bits per heavy atom. The lowest BCUT2D eigenvalue weighted by molar-refractivity contribution is 0.00478. The van der Waals surface area contributed by atoms with Crippen molar-refractivity contribution < 1.29 is 0 Å². The molecule has 0 aromatic rings. The molecule has 2 aliphatic rings. The van der Waals surface area contributed by atoms with Crippen LogP contribution in [-0.4, -0.2) is 79.4 Å². The summed E-state index contributed by atoms with van der Waals surface area (Å²) in [6, 6.07) is 0. The maximum atomic E-state index is 3.98. The van der Waals surface area contributed by atoms with Crippen molar-refractivity contribution in [3.63, 3.8) is 0 Å². The lowest BCUT2D eigenvalue weighted by Gasteiger charge is -2.48. The monoisotopic (exact) mass is 451 g/mol. The highest BCUT2D eigenvalue weighted by Crippen LogP contribution is 2.23. The summed E-state index contributed by atoms with van der Waals surface area (Å²) in [5.74, 6) is 1.69. The number of hydrogen-bond donors (Lipinski definition) is 2. The highest BCUT2D eigenvalue weighted by atomic mass is 15.5. The number of unbranched alkanes of at least 4 members (excludes halogenated alkanes) is 2. The van der Waals surface area contributed by atoms with Crippen LogP contribution in [0.15, 0.2) is 0 Å². The molecule has 2 rings (SSSR count). The van der Waals surface area contributed by atoms with Crippen LogP contribution in [-0.2, 0) is 0 Å². The van der Waals surface area contributed by atoms with E-state index in [9.17, 15) is 0 Å². The predicted octanol–water partition coefficient (Wildman–Crippen LogP) is 4.94. The van der Waals surface area contributed by atoms with Crippen LogP contribution in [0.3, 0.4) is 0 Å². The maximum absolute atomic E-state index is 3.98. The number of hydrogen-bond acceptors (Lipinski definition) is 5. The molecule has 0 aromatic carbocycles. The molecule has 0 radical (unpaired) electrons. The van der Waals surface area contributed by atoms with E-state index in [-0.39, 0.29) is 5.54 Å². The highest BCUT2D eigenvalue weighted by molar-refractivity contribution is 4.94. The van der Waals surface area contributed by atoms with Crippen LogP contribution in [0.4, 0.5) is 0 Å². The predicted molar refractivity (Wildman–Crippen MR) is 140 cm³/mol. The van der Waals surface area contributed by atoms with Gasteiger partial charge in [-0.1, -0.05) is 66.2 Å². The van der Waals surface area contributed by atoms with Crippen molar-refractivity contribution >= 4 is 0 Å². The Morgan fingerprint density at radius 2 is 1.31 bits per heavy atom. The summed E-state index contributed by atoms with van der Waals surface area (Å²) in [6.45, 7) is 22.5. The average molecular weight is 452 g/mol. The molecule has 5 heteroatoms. The van der Waals surface area contributed by atoms with Gasteiger partial charge in [-0.15, -0.1) is 0 Å². The molecule has 190 valence electrons. The third-order valence-electron chi connectivity index (χ3n) is 7.78. The summed E-state index contributed by atoms with van der Waals surface area (Å²) in [5.41, 5.74) is 3.81. The van der Waals surface area contributed by atoms with Crippen molar-refractivity contribution in [3.8, 4) is 0 Å². The van der Waals surface area contributed by atoms with Crippen molar-refractivity contribution in [3.05, 3.63) is 0 Å². The molecule has 0 aliphatic carbocycles. The van der Waals surface area contributed by atoms with Crippen LogP contribution in [0.5, 0.6) is 0 Å². The number of hydrazine groups is 1. The molecule has 32 heavy (non-hydrogen) atoms. The first-order chi connectivity index (χ1) is 15.5. The third-order valence-corrected chi connectivity index (χ3v) is 7.78. The van der Waals surface area contributed by atoms with E-state index in [1.165, 1.54) is 103 Å². The van der Waals surface area contributed by atoms with Gasteiger partial charge in [0.1, 0.15) is 0 Å². The van der Waals surface area contributed by atoms with Crippen molar-refractivity contribution in [2.45, 2.75) is 104 Å². The Kier molecular flexibility index (Phi) is 13.7. The van der Waals surface area contributed by atoms with Crippen molar-refractivity contribution in [1.82, 2.24) is 25.6 Å². The van der Waals surface area contributed by atoms with Crippen molar-refractivity contribution in [1.29, 1.82) is 0 Å². The van der Waals surface area contributed by atoms with Gasteiger partial charge in [0, 0.05) is 57.9 Å². The second-order valence-electron chi connectivity index (χ2n) is 11.1. The molecule has 2 unspecified atom stereocenters. The van der Waals surface area contributed by atoms with E-state index in [2.05, 4.69) is 60.2 Å². The minimum absolute atomic E-state index is 0.178. The second-order valence-corrected chi connectivity index (χ2v) is 11.1. The Hall–Kier alpha value is -0.200. The van der Waals surface area contributed by atoms with Gasteiger partial charge in [-0.25, -0.2) is 5.01 Å². The van der Waals surface area contributed by atoms with Gasteiger partial charge in [0.25, 0.3) is 0 Å². The van der Waals surface area contributed by atoms with Gasteiger partial charge in [0.2, 0.25) is 0 Å². The standard InChI is InChI=1S/C27H57N5/c1-6-10-14-25(8-3)20-30-22-27(5,28-16-17-29-32-18-12-13-19-32)23-31(24-30)21-26(9-4)15-11-7-2/h25-26,28-29H,6-24H2,1-5H3. The molecular formula is C27H57N5. The zero-order valence-corrected chi connectivity index (χ0v) is 22.4. The van der Waals surface area contributed by atoms with Gasteiger partial charge in [0.15, 0.2) is 0 Å². The van der Waals surface area contributed by atoms with Gasteiger partial charge in [-0.05, 0) is 44.4 Å². The largest absolute Gasteiger partial charge is 0.308 e. The molecule has 2 atom stereocenters. The molecule has 2 aliphatic heterocycles. The lowest BCUT2D eigenvalue weighted by atomic mass is 9.93. The molecule has 2 heterocycles. The first-order valence-electron chi connectivity index (χ1n) is 14.2. The second kappa shape index (κ2) is 15.7. The molecule has 0 saturated carbocycles. The first-order valence-corrected chi connectivity index (χ1v) is 14.2. The molecule has 2 N–H and O–H groups in total. The lowest BCUT2D eigenvalue weighted by Crippen LogP contribution is -2.65. The Morgan fingerprint density at radius 1 is 0.781 bits per heavy atom. The molecule has 2 fully saturated rings. The molecule has 0 bridgehead atoms. The van der Waals surface area contributed by atoms with E-state index in [1.54, 1.807) is 0 Å². The fourth-order valence-electron chi connectivity index (χ4n) is 5.79. The van der Waals surface area contributed by atoms with E-state index in [4.69, 9.17) is 0 Å². The number of nitrogens with one attached hydrogen (secondary N) is 2. The average Bonchev–Trinajstić information content (AvgIpc) is 3.30. The van der Waals surface area contributed by atoms with Gasteiger partial charge < -0.3 is 5.32 Å². The van der Waals surface area contributed by atoms with E-state index >= 15 is 0 Å². The van der Waals surface area contributed by atoms with Crippen molar-refractivity contribution in [2.75, 3.05) is 59.0 Å². The van der Waals surface area contributed by atoms with E-state index in [0.29, 0.717) is 0 Å². The van der Waals surface area contributed by atoms with Gasteiger partial charge in [-0.3, -0.25) is 15.2 Å². The van der Waals surface area contributed by atoms with Gasteiger partial charge in [0.05, 0.1) is 6.67 Å². The molecule has 2 saturated heterocycles. The van der Waals surface area contributed by atoms with Crippen molar-refractivity contribution in [2.24, 2.45) is 11.8 Å². The fraction of sp³-hybridized carbons (Fsp3) is 1.00. The summed E-state index contributed by atoms with van der Waals surface area (Å²) < 4.78 is 0. The number of nitrogens with zero attached hydrogens (tertiary/aromatic N) is 3. The summed E-state index contributed by atoms with van der Waals surface area (Å²) in [5, 5.41) is 6.38. The fourth-order valence-corrected chi connectivity index (χ4v) is 5.79. The van der Waals surface area contributed by atoms with Crippen LogP contribution in [0, 0.1) is 11.8 Å². The third kappa shape index (κ3) is 10.4. The summed E-state index contributed by atoms with van der Waals surface area (Å²) in [4.78, 5) is 5.56. The zero-order valence-electron chi connectivity index (χ0n) is 22.4. The van der Waals surface area contributed by atoms with E-state index in [1.807, 2.05) is 0 Å². The summed E-state index contributed by atoms with van der Waals surface area (Å²) >= 11 is 0. The quantitative estimate of drug-likeness (QED) is 0.306. The highest BCUT2D eigenvalue weighted by Gasteiger charge is 2.35. The van der Waals surface area contributed by atoms with Crippen LogP contribution in [0.1, 0.15) is 98.8 Å². The van der Waals surface area contributed by atoms with Crippen LogP contribution < -0.4 is 10.7 Å². The summed E-state index contributed by atoms with van der Waals surface area (Å²) in [7, 11) is 0. The minimum Gasteiger partial charge on any atom is -0.308 e. The Balaban J connectivity index is 1.93. The zero-order chi connectivity index (χ0) is 23.2. The molecule has 5 nitrogen and oxygen atoms in total. The normalized spacial score (nSPS) is 25.4. The smallest absolute Gasteiger partial charge is 0.0507 e. The van der Waals surface area contributed by atoms with Gasteiger partial charge in [-0.2, -0.15) is 0 Å². The van der Waals surface area contributed by atoms with Crippen LogP contribution >= 0.6 is 0 Å². The SMILES string of the molecule is CCCCC(CC)CN1CN(CC(CC)CCCC)CC(C)(NCCNN2CCCC2)C1. The molecule has 0 spiro atoms. The van der Waals surface area contributed by atoms with E-state index in [0.717, 1.165) is 31.6 Å². The Bertz CT molecular complexity index is 439. The molecule has 0 amide bonds. The topological polar surface area (TPSA) is 33.8 Å². The van der Waals surface area contributed by atoms with Crippen LogP contribution in [0.2, 0.25) is 0 Å².